The Morgan fingerprint density at radius 2 is 2.00 bits per heavy atom. The Balaban J connectivity index is 2.00. The van der Waals surface area contributed by atoms with Gasteiger partial charge in [0.2, 0.25) is 0 Å². The van der Waals surface area contributed by atoms with E-state index in [1.807, 2.05) is 6.07 Å². The number of hydrogen-bond acceptors (Lipinski definition) is 6. The molecule has 3 rings (SSSR count). The summed E-state index contributed by atoms with van der Waals surface area (Å²) in [4.78, 5) is 14.4. The molecule has 0 unspecified atom stereocenters. The van der Waals surface area contributed by atoms with E-state index in [0.29, 0.717) is 5.56 Å². The molecule has 2 aliphatic rings. The summed E-state index contributed by atoms with van der Waals surface area (Å²) in [6.45, 7) is 3.64. The van der Waals surface area contributed by atoms with Crippen LogP contribution in [0.4, 0.5) is 0 Å². The van der Waals surface area contributed by atoms with Crippen molar-refractivity contribution in [2.45, 2.75) is 43.7 Å². The van der Waals surface area contributed by atoms with Crippen molar-refractivity contribution in [3.05, 3.63) is 35.9 Å². The van der Waals surface area contributed by atoms with Gasteiger partial charge in [0.1, 0.15) is 6.10 Å². The van der Waals surface area contributed by atoms with Crippen LogP contribution in [0, 0.1) is 11.3 Å². The maximum atomic E-state index is 13.0. The lowest BCUT2D eigenvalue weighted by Gasteiger charge is -2.39. The maximum Gasteiger partial charge on any atom is 0.255 e. The highest BCUT2D eigenvalue weighted by molar-refractivity contribution is 5.95. The zero-order valence-electron chi connectivity index (χ0n) is 14.8. The number of carbonyl (C=O) groups is 1. The van der Waals surface area contributed by atoms with Crippen LogP contribution >= 0.6 is 0 Å². The third kappa shape index (κ3) is 2.81. The van der Waals surface area contributed by atoms with E-state index in [2.05, 4.69) is 6.07 Å². The number of nitriles is 1. The van der Waals surface area contributed by atoms with Gasteiger partial charge < -0.3 is 23.8 Å². The molecule has 0 aliphatic carbocycles. The van der Waals surface area contributed by atoms with E-state index in [-0.39, 0.29) is 12.5 Å². The summed E-state index contributed by atoms with van der Waals surface area (Å²) in [6.07, 6.45) is -2.16. The van der Waals surface area contributed by atoms with Crippen LogP contribution in [-0.2, 0) is 18.9 Å². The van der Waals surface area contributed by atoms with Gasteiger partial charge in [-0.1, -0.05) is 18.2 Å². The molecule has 1 aromatic carbocycles. The van der Waals surface area contributed by atoms with Crippen molar-refractivity contribution in [1.82, 2.24) is 4.90 Å². The van der Waals surface area contributed by atoms with Gasteiger partial charge in [-0.25, -0.2) is 0 Å². The highest BCUT2D eigenvalue weighted by Crippen LogP contribution is 2.45. The number of amides is 1. The van der Waals surface area contributed by atoms with Crippen LogP contribution in [-0.4, -0.2) is 61.4 Å². The summed E-state index contributed by atoms with van der Waals surface area (Å²) in [5, 5.41) is 10.1. The zero-order valence-corrected chi connectivity index (χ0v) is 14.8. The van der Waals surface area contributed by atoms with Crippen molar-refractivity contribution in [3.63, 3.8) is 0 Å². The van der Waals surface area contributed by atoms with E-state index in [1.54, 1.807) is 45.2 Å². The van der Waals surface area contributed by atoms with Gasteiger partial charge >= 0.3 is 0 Å². The van der Waals surface area contributed by atoms with Gasteiger partial charge in [-0.15, -0.1) is 0 Å². The first-order valence-corrected chi connectivity index (χ1v) is 8.10. The van der Waals surface area contributed by atoms with Crippen molar-refractivity contribution >= 4 is 5.91 Å². The second-order valence-electron chi connectivity index (χ2n) is 6.67. The summed E-state index contributed by atoms with van der Waals surface area (Å²) < 4.78 is 22.8. The molecule has 7 heteroatoms. The summed E-state index contributed by atoms with van der Waals surface area (Å²) in [7, 11) is 3.10. The van der Waals surface area contributed by atoms with Crippen molar-refractivity contribution in [2.24, 2.45) is 0 Å². The number of methoxy groups -OCH3 is 1. The Labute approximate surface area is 147 Å². The van der Waals surface area contributed by atoms with Gasteiger partial charge in [-0.2, -0.15) is 5.26 Å². The Kier molecular flexibility index (Phi) is 4.56. The summed E-state index contributed by atoms with van der Waals surface area (Å²) in [5.74, 6) is -1.19. The number of ether oxygens (including phenoxy) is 4. The van der Waals surface area contributed by atoms with E-state index in [9.17, 15) is 10.1 Å². The minimum atomic E-state index is -1.36. The minimum absolute atomic E-state index is 0.139. The predicted octanol–water partition coefficient (Wildman–Crippen LogP) is 1.54. The lowest BCUT2D eigenvalue weighted by molar-refractivity contribution is -0.218. The average molecular weight is 346 g/mol. The van der Waals surface area contributed by atoms with Gasteiger partial charge in [0.05, 0.1) is 12.7 Å². The molecule has 2 heterocycles. The number of benzene rings is 1. The second-order valence-corrected chi connectivity index (χ2v) is 6.67. The van der Waals surface area contributed by atoms with Crippen molar-refractivity contribution < 1.29 is 23.7 Å². The fourth-order valence-electron chi connectivity index (χ4n) is 3.45. The molecule has 2 aliphatic heterocycles. The molecule has 0 bridgehead atoms. The highest BCUT2D eigenvalue weighted by atomic mass is 16.8. The molecule has 2 saturated heterocycles. The second kappa shape index (κ2) is 6.39. The monoisotopic (exact) mass is 346 g/mol. The minimum Gasteiger partial charge on any atom is -0.382 e. The molecule has 134 valence electrons. The fraction of sp³-hybridized carbons (Fsp3) is 0.556. The summed E-state index contributed by atoms with van der Waals surface area (Å²) in [5.41, 5.74) is -0.876. The normalized spacial score (nSPS) is 32.8. The van der Waals surface area contributed by atoms with Gasteiger partial charge in [0.15, 0.2) is 23.7 Å². The molecular formula is C18H22N2O5. The van der Waals surface area contributed by atoms with Gasteiger partial charge in [-0.3, -0.25) is 4.79 Å². The lowest BCUT2D eigenvalue weighted by Crippen LogP contribution is -2.62. The molecule has 0 radical (unpaired) electrons. The first-order valence-electron chi connectivity index (χ1n) is 8.10. The average Bonchev–Trinajstić information content (AvgIpc) is 3.04. The molecule has 7 nitrogen and oxygen atoms in total. The van der Waals surface area contributed by atoms with Crippen LogP contribution in [0.2, 0.25) is 0 Å². The van der Waals surface area contributed by atoms with Crippen LogP contribution in [0.15, 0.2) is 30.3 Å². The number of rotatable bonds is 4. The molecule has 1 amide bonds. The topological polar surface area (TPSA) is 81.0 Å². The smallest absolute Gasteiger partial charge is 0.255 e. The molecule has 25 heavy (non-hydrogen) atoms. The van der Waals surface area contributed by atoms with Crippen LogP contribution < -0.4 is 0 Å². The molecular weight excluding hydrogens is 324 g/mol. The maximum absolute atomic E-state index is 13.0. The van der Waals surface area contributed by atoms with Crippen LogP contribution in [0.25, 0.3) is 0 Å². The SMILES string of the molecule is COC[C@H]1O[C@@H]2OC(C)(C)O[C@@H]2[C@]1(C#N)N(C)C(=O)c1ccccc1. The molecule has 1 aromatic rings. The molecule has 0 aromatic heterocycles. The largest absolute Gasteiger partial charge is 0.382 e. The van der Waals surface area contributed by atoms with Crippen LogP contribution in [0.3, 0.4) is 0 Å². The van der Waals surface area contributed by atoms with Crippen molar-refractivity contribution in [2.75, 3.05) is 20.8 Å². The number of nitrogens with zero attached hydrogens (tertiary/aromatic N) is 2. The molecule has 0 saturated carbocycles. The number of likely N-dealkylation sites (N-methyl/N-ethyl adjacent to an activating group) is 1. The summed E-state index contributed by atoms with van der Waals surface area (Å²) in [6, 6.07) is 11.1. The van der Waals surface area contributed by atoms with E-state index in [4.69, 9.17) is 18.9 Å². The Hall–Kier alpha value is -1.98. The molecule has 0 N–H and O–H groups in total. The van der Waals surface area contributed by atoms with Crippen LogP contribution in [0.5, 0.6) is 0 Å². The number of carbonyl (C=O) groups excluding carboxylic acids is 1. The predicted molar refractivity (Wildman–Crippen MR) is 87.5 cm³/mol. The van der Waals surface area contributed by atoms with Crippen molar-refractivity contribution in [3.8, 4) is 6.07 Å². The fourth-order valence-corrected chi connectivity index (χ4v) is 3.45. The third-order valence-corrected chi connectivity index (χ3v) is 4.66. The number of fused-ring (bicyclic) bond motifs is 1. The number of hydrogen-bond donors (Lipinski definition) is 0. The van der Waals surface area contributed by atoms with E-state index in [1.165, 1.54) is 12.0 Å². The lowest BCUT2D eigenvalue weighted by atomic mass is 9.87. The van der Waals surface area contributed by atoms with E-state index >= 15 is 0 Å². The van der Waals surface area contributed by atoms with E-state index in [0.717, 1.165) is 0 Å². The first kappa shape index (κ1) is 17.8. The first-order chi connectivity index (χ1) is 11.9. The third-order valence-electron chi connectivity index (χ3n) is 4.66. The van der Waals surface area contributed by atoms with Gasteiger partial charge in [0, 0.05) is 19.7 Å². The molecule has 2 fully saturated rings. The molecule has 0 spiro atoms. The Morgan fingerprint density at radius 3 is 2.60 bits per heavy atom. The molecule has 4 atom stereocenters. The highest BCUT2D eigenvalue weighted by Gasteiger charge is 2.67. The van der Waals surface area contributed by atoms with Crippen molar-refractivity contribution in [1.29, 1.82) is 5.26 Å². The Bertz CT molecular complexity index is 686. The quantitative estimate of drug-likeness (QED) is 0.823. The standard InChI is InChI=1S/C18H22N2O5/c1-17(2)24-14-16(25-17)23-13(10-22-4)18(14,11-19)20(3)15(21)12-8-6-5-7-9-12/h5-9,13-14,16H,10H2,1-4H3/t13-,14+,16-,18-/m1/s1. The summed E-state index contributed by atoms with van der Waals surface area (Å²) >= 11 is 0. The van der Waals surface area contributed by atoms with Gasteiger partial charge in [0.25, 0.3) is 5.91 Å². The Morgan fingerprint density at radius 1 is 1.32 bits per heavy atom. The van der Waals surface area contributed by atoms with E-state index < -0.39 is 29.8 Å². The zero-order chi connectivity index (χ0) is 18.2. The van der Waals surface area contributed by atoms with Crippen LogP contribution in [0.1, 0.15) is 24.2 Å². The van der Waals surface area contributed by atoms with Gasteiger partial charge in [-0.05, 0) is 26.0 Å².